The molecule has 0 atom stereocenters. The molecule has 0 aromatic heterocycles. The minimum absolute atomic E-state index is 0.104. The molecule has 0 spiro atoms. The average molecular weight is 352 g/mol. The van der Waals surface area contributed by atoms with Crippen molar-refractivity contribution in [1.29, 1.82) is 0 Å². The van der Waals surface area contributed by atoms with E-state index in [0.717, 1.165) is 43.8 Å². The van der Waals surface area contributed by atoms with Crippen LogP contribution in [0.25, 0.3) is 0 Å². The maximum Gasteiger partial charge on any atom is 0.262 e. The molecular weight excluding hydrogens is 334 g/mol. The molecule has 24 heavy (non-hydrogen) atoms. The highest BCUT2D eigenvalue weighted by atomic mass is 32.2. The van der Waals surface area contributed by atoms with Crippen molar-refractivity contribution in [2.75, 3.05) is 22.7 Å². The molecule has 1 fully saturated rings. The molecule has 1 aliphatic heterocycles. The molecule has 4 nitrogen and oxygen atoms in total. The molecule has 1 aliphatic rings. The summed E-state index contributed by atoms with van der Waals surface area (Å²) in [6.07, 6.45) is 2.13. The van der Waals surface area contributed by atoms with Crippen LogP contribution in [0.4, 0.5) is 20.2 Å². The Kier molecular flexibility index (Phi) is 4.45. The van der Waals surface area contributed by atoms with E-state index < -0.39 is 21.7 Å². The summed E-state index contributed by atoms with van der Waals surface area (Å²) in [4.78, 5) is 1.98. The summed E-state index contributed by atoms with van der Waals surface area (Å²) >= 11 is 0. The number of aryl methyl sites for hydroxylation is 1. The Balaban J connectivity index is 1.91. The van der Waals surface area contributed by atoms with E-state index in [1.54, 1.807) is 6.07 Å². The van der Waals surface area contributed by atoms with Gasteiger partial charge in [-0.2, -0.15) is 0 Å². The van der Waals surface area contributed by atoms with E-state index in [-0.39, 0.29) is 16.1 Å². The zero-order valence-electron chi connectivity index (χ0n) is 13.2. The molecule has 0 saturated carbocycles. The lowest BCUT2D eigenvalue weighted by molar-refractivity contribution is 0.596. The van der Waals surface area contributed by atoms with Crippen LogP contribution >= 0.6 is 0 Å². The largest absolute Gasteiger partial charge is 0.371 e. The normalized spacial score (nSPS) is 14.9. The Hall–Kier alpha value is -2.15. The van der Waals surface area contributed by atoms with Gasteiger partial charge in [-0.05, 0) is 61.7 Å². The Morgan fingerprint density at radius 3 is 2.33 bits per heavy atom. The fourth-order valence-corrected chi connectivity index (χ4v) is 3.89. The van der Waals surface area contributed by atoms with Crippen LogP contribution in [-0.4, -0.2) is 21.5 Å². The van der Waals surface area contributed by atoms with Crippen molar-refractivity contribution >= 4 is 21.4 Å². The molecule has 3 rings (SSSR count). The molecule has 128 valence electrons. The minimum atomic E-state index is -3.99. The van der Waals surface area contributed by atoms with E-state index in [4.69, 9.17) is 0 Å². The standard InChI is InChI=1S/C17H18F2N2O2S/c1-12-10-14(5-7-15(12)18)24(22,23)20-17-11-13(4-6-16(17)19)21-8-2-3-9-21/h4-7,10-11,20H,2-3,8-9H2,1H3. The van der Waals surface area contributed by atoms with Crippen LogP contribution in [-0.2, 0) is 10.0 Å². The Labute approximate surface area is 140 Å². The van der Waals surface area contributed by atoms with E-state index in [1.165, 1.54) is 25.1 Å². The van der Waals surface area contributed by atoms with Crippen LogP contribution in [0.3, 0.4) is 0 Å². The van der Waals surface area contributed by atoms with E-state index in [0.29, 0.717) is 0 Å². The Morgan fingerprint density at radius 2 is 1.67 bits per heavy atom. The zero-order valence-corrected chi connectivity index (χ0v) is 14.0. The Bertz CT molecular complexity index is 863. The zero-order chi connectivity index (χ0) is 17.3. The first-order valence-electron chi connectivity index (χ1n) is 7.70. The topological polar surface area (TPSA) is 49.4 Å². The summed E-state index contributed by atoms with van der Waals surface area (Å²) in [5, 5.41) is 0. The van der Waals surface area contributed by atoms with Crippen LogP contribution in [0.5, 0.6) is 0 Å². The van der Waals surface area contributed by atoms with Gasteiger partial charge in [0.1, 0.15) is 11.6 Å². The molecule has 0 radical (unpaired) electrons. The van der Waals surface area contributed by atoms with E-state index in [9.17, 15) is 17.2 Å². The maximum atomic E-state index is 14.0. The number of hydrogen-bond acceptors (Lipinski definition) is 3. The third-order valence-corrected chi connectivity index (χ3v) is 5.47. The van der Waals surface area contributed by atoms with Crippen LogP contribution in [0.1, 0.15) is 18.4 Å². The van der Waals surface area contributed by atoms with Crippen molar-refractivity contribution < 1.29 is 17.2 Å². The van der Waals surface area contributed by atoms with E-state index >= 15 is 0 Å². The highest BCUT2D eigenvalue weighted by molar-refractivity contribution is 7.92. The quantitative estimate of drug-likeness (QED) is 0.913. The Morgan fingerprint density at radius 1 is 1.00 bits per heavy atom. The lowest BCUT2D eigenvalue weighted by Gasteiger charge is -2.19. The average Bonchev–Trinajstić information content (AvgIpc) is 3.06. The summed E-state index contributed by atoms with van der Waals surface area (Å²) in [6.45, 7) is 3.22. The van der Waals surface area contributed by atoms with Crippen LogP contribution in [0.2, 0.25) is 0 Å². The third kappa shape index (κ3) is 3.36. The number of sulfonamides is 1. The maximum absolute atomic E-state index is 14.0. The van der Waals surface area contributed by atoms with Gasteiger partial charge < -0.3 is 4.90 Å². The fourth-order valence-electron chi connectivity index (χ4n) is 2.75. The van der Waals surface area contributed by atoms with E-state index in [2.05, 4.69) is 9.62 Å². The summed E-state index contributed by atoms with van der Waals surface area (Å²) in [5.41, 5.74) is 0.882. The number of halogens is 2. The summed E-state index contributed by atoms with van der Waals surface area (Å²) in [5.74, 6) is -1.14. The molecule has 0 bridgehead atoms. The monoisotopic (exact) mass is 352 g/mol. The summed E-state index contributed by atoms with van der Waals surface area (Å²) < 4.78 is 54.5. The predicted molar refractivity (Wildman–Crippen MR) is 89.8 cm³/mol. The van der Waals surface area contributed by atoms with Crippen LogP contribution in [0, 0.1) is 18.6 Å². The molecular formula is C17H18F2N2O2S. The molecule has 1 saturated heterocycles. The van der Waals surface area contributed by atoms with Crippen molar-refractivity contribution in [3.63, 3.8) is 0 Å². The van der Waals surface area contributed by atoms with E-state index in [1.807, 2.05) is 0 Å². The molecule has 1 heterocycles. The van der Waals surface area contributed by atoms with Gasteiger partial charge in [0.05, 0.1) is 10.6 Å². The smallest absolute Gasteiger partial charge is 0.262 e. The minimum Gasteiger partial charge on any atom is -0.371 e. The number of benzene rings is 2. The van der Waals surface area contributed by atoms with Gasteiger partial charge in [-0.1, -0.05) is 0 Å². The van der Waals surface area contributed by atoms with Crippen molar-refractivity contribution in [2.45, 2.75) is 24.7 Å². The summed E-state index contributed by atoms with van der Waals surface area (Å²) in [6, 6.07) is 7.85. The van der Waals surface area contributed by atoms with Gasteiger partial charge >= 0.3 is 0 Å². The lowest BCUT2D eigenvalue weighted by atomic mass is 10.2. The number of nitrogens with zero attached hydrogens (tertiary/aromatic N) is 1. The van der Waals surface area contributed by atoms with Gasteiger partial charge in [-0.25, -0.2) is 17.2 Å². The molecule has 1 N–H and O–H groups in total. The molecule has 0 unspecified atom stereocenters. The third-order valence-electron chi connectivity index (χ3n) is 4.11. The van der Waals surface area contributed by atoms with Gasteiger partial charge in [0.15, 0.2) is 0 Å². The van der Waals surface area contributed by atoms with Gasteiger partial charge in [-0.15, -0.1) is 0 Å². The molecule has 0 aliphatic carbocycles. The van der Waals surface area contributed by atoms with Crippen molar-refractivity contribution in [3.8, 4) is 0 Å². The predicted octanol–water partition coefficient (Wildman–Crippen LogP) is 3.67. The fraction of sp³-hybridized carbons (Fsp3) is 0.294. The lowest BCUT2D eigenvalue weighted by Crippen LogP contribution is -2.19. The first kappa shape index (κ1) is 16.7. The first-order valence-corrected chi connectivity index (χ1v) is 9.18. The highest BCUT2D eigenvalue weighted by Crippen LogP contribution is 2.27. The van der Waals surface area contributed by atoms with Gasteiger partial charge in [0, 0.05) is 18.8 Å². The number of rotatable bonds is 4. The number of anilines is 2. The highest BCUT2D eigenvalue weighted by Gasteiger charge is 2.19. The van der Waals surface area contributed by atoms with Gasteiger partial charge in [-0.3, -0.25) is 4.72 Å². The first-order chi connectivity index (χ1) is 11.4. The molecule has 0 amide bonds. The number of hydrogen-bond donors (Lipinski definition) is 1. The van der Waals surface area contributed by atoms with Crippen LogP contribution in [0.15, 0.2) is 41.3 Å². The van der Waals surface area contributed by atoms with Crippen LogP contribution < -0.4 is 9.62 Å². The second kappa shape index (κ2) is 6.39. The van der Waals surface area contributed by atoms with Gasteiger partial charge in [0.2, 0.25) is 0 Å². The second-order valence-corrected chi connectivity index (χ2v) is 7.56. The molecule has 2 aromatic carbocycles. The van der Waals surface area contributed by atoms with Crippen molar-refractivity contribution in [3.05, 3.63) is 53.6 Å². The van der Waals surface area contributed by atoms with Crippen molar-refractivity contribution in [1.82, 2.24) is 0 Å². The SMILES string of the molecule is Cc1cc(S(=O)(=O)Nc2cc(N3CCCC3)ccc2F)ccc1F. The summed E-state index contributed by atoms with van der Waals surface area (Å²) in [7, 11) is -3.99. The molecule has 7 heteroatoms. The molecule has 2 aromatic rings. The second-order valence-electron chi connectivity index (χ2n) is 5.87. The van der Waals surface area contributed by atoms with Gasteiger partial charge in [0.25, 0.3) is 10.0 Å². The van der Waals surface area contributed by atoms with Crippen molar-refractivity contribution in [2.24, 2.45) is 0 Å². The number of nitrogens with one attached hydrogen (secondary N) is 1.